The van der Waals surface area contributed by atoms with Gasteiger partial charge in [0.05, 0.1) is 0 Å². The van der Waals surface area contributed by atoms with E-state index in [4.69, 9.17) is 9.97 Å². The van der Waals surface area contributed by atoms with E-state index in [2.05, 4.69) is 10.2 Å². The van der Waals surface area contributed by atoms with E-state index in [1.165, 1.54) is 0 Å². The summed E-state index contributed by atoms with van der Waals surface area (Å²) in [6, 6.07) is 10.1. The zero-order valence-corrected chi connectivity index (χ0v) is 15.3. The number of fused-ring (bicyclic) bond motifs is 1. The minimum Gasteiger partial charge on any atom is -0.340 e. The average molecular weight is 352 g/mol. The molecule has 0 bridgehead atoms. The average Bonchev–Trinajstić information content (AvgIpc) is 3.06. The van der Waals surface area contributed by atoms with Crippen molar-refractivity contribution < 1.29 is 0 Å². The number of rotatable bonds is 4. The number of nitrogens with one attached hydrogen (secondary N) is 1. The molecule has 0 radical (unpaired) electrons. The molecule has 0 unspecified atom stereocenters. The lowest BCUT2D eigenvalue weighted by Gasteiger charge is -2.28. The molecule has 1 saturated heterocycles. The first kappa shape index (κ1) is 16.8. The summed E-state index contributed by atoms with van der Waals surface area (Å²) in [5.41, 5.74) is 2.25. The number of imidazole rings is 1. The molecule has 1 aromatic carbocycles. The number of hydrogen-bond donors (Lipinski definition) is 1. The second-order valence-corrected chi connectivity index (χ2v) is 6.62. The van der Waals surface area contributed by atoms with E-state index in [0.717, 1.165) is 43.5 Å². The lowest BCUT2D eigenvalue weighted by atomic mass is 10.1. The zero-order chi connectivity index (χ0) is 18.1. The standard InChI is InChI=1S/C19H24N6O/c1-3-25-16-17(22-19(25)24-11-9-20-10-12-24)21-15(23(2)18(16)26)13-14-7-5-4-6-8-14/h4-8,20H,3,9-13H2,1-2H3. The SMILES string of the molecule is CCn1c(N2CCNCC2)nc2nc(Cc3ccccc3)n(C)c(=O)c21. The number of piperazine rings is 1. The Balaban J connectivity index is 1.82. The molecule has 7 heteroatoms. The first-order chi connectivity index (χ1) is 12.7. The first-order valence-corrected chi connectivity index (χ1v) is 9.14. The normalized spacial score (nSPS) is 14.9. The Morgan fingerprint density at radius 3 is 2.54 bits per heavy atom. The Labute approximate surface area is 152 Å². The van der Waals surface area contributed by atoms with Crippen molar-refractivity contribution in [2.75, 3.05) is 31.1 Å². The van der Waals surface area contributed by atoms with Gasteiger partial charge in [-0.3, -0.25) is 9.36 Å². The Morgan fingerprint density at radius 1 is 1.12 bits per heavy atom. The van der Waals surface area contributed by atoms with Crippen molar-refractivity contribution in [3.05, 3.63) is 52.1 Å². The van der Waals surface area contributed by atoms with Crippen LogP contribution in [0.1, 0.15) is 18.3 Å². The van der Waals surface area contributed by atoms with Gasteiger partial charge < -0.3 is 14.8 Å². The maximum absolute atomic E-state index is 13.0. The predicted molar refractivity (Wildman–Crippen MR) is 103 cm³/mol. The summed E-state index contributed by atoms with van der Waals surface area (Å²) in [4.78, 5) is 24.8. The van der Waals surface area contributed by atoms with Gasteiger partial charge in [0.1, 0.15) is 5.82 Å². The summed E-state index contributed by atoms with van der Waals surface area (Å²) in [6.07, 6.45) is 0.616. The van der Waals surface area contributed by atoms with E-state index in [9.17, 15) is 4.79 Å². The summed E-state index contributed by atoms with van der Waals surface area (Å²) >= 11 is 0. The molecule has 1 fully saturated rings. The molecule has 136 valence electrons. The highest BCUT2D eigenvalue weighted by atomic mass is 16.1. The minimum atomic E-state index is -0.0309. The van der Waals surface area contributed by atoms with Gasteiger partial charge >= 0.3 is 0 Å². The summed E-state index contributed by atoms with van der Waals surface area (Å²) in [7, 11) is 1.80. The number of aromatic nitrogens is 4. The number of benzene rings is 1. The number of anilines is 1. The van der Waals surface area contributed by atoms with Crippen LogP contribution >= 0.6 is 0 Å². The maximum Gasteiger partial charge on any atom is 0.279 e. The molecule has 7 nitrogen and oxygen atoms in total. The van der Waals surface area contributed by atoms with Gasteiger partial charge in [0.25, 0.3) is 5.56 Å². The Hall–Kier alpha value is -2.67. The van der Waals surface area contributed by atoms with E-state index >= 15 is 0 Å². The molecular weight excluding hydrogens is 328 g/mol. The summed E-state index contributed by atoms with van der Waals surface area (Å²) < 4.78 is 3.66. The molecule has 1 aliphatic rings. The van der Waals surface area contributed by atoms with E-state index in [1.807, 2.05) is 41.8 Å². The van der Waals surface area contributed by atoms with Gasteiger partial charge in [0, 0.05) is 46.2 Å². The molecule has 1 N–H and O–H groups in total. The van der Waals surface area contributed by atoms with E-state index in [0.29, 0.717) is 24.1 Å². The van der Waals surface area contributed by atoms with Crippen LogP contribution in [0.5, 0.6) is 0 Å². The van der Waals surface area contributed by atoms with Crippen LogP contribution < -0.4 is 15.8 Å². The molecule has 3 aromatic rings. The van der Waals surface area contributed by atoms with Crippen LogP contribution in [0.25, 0.3) is 11.2 Å². The maximum atomic E-state index is 13.0. The fraction of sp³-hybridized carbons (Fsp3) is 0.421. The molecule has 0 aliphatic carbocycles. The lowest BCUT2D eigenvalue weighted by molar-refractivity contribution is 0.569. The van der Waals surface area contributed by atoms with Crippen molar-refractivity contribution in [3.63, 3.8) is 0 Å². The van der Waals surface area contributed by atoms with Gasteiger partial charge in [-0.1, -0.05) is 30.3 Å². The summed E-state index contributed by atoms with van der Waals surface area (Å²) in [6.45, 7) is 6.38. The van der Waals surface area contributed by atoms with Crippen molar-refractivity contribution in [1.29, 1.82) is 0 Å². The number of nitrogens with zero attached hydrogens (tertiary/aromatic N) is 5. The van der Waals surface area contributed by atoms with Crippen molar-refractivity contribution >= 4 is 17.1 Å². The van der Waals surface area contributed by atoms with Crippen LogP contribution in [0.15, 0.2) is 35.1 Å². The van der Waals surface area contributed by atoms with Gasteiger partial charge in [0.15, 0.2) is 11.2 Å². The molecule has 0 amide bonds. The smallest absolute Gasteiger partial charge is 0.279 e. The third-order valence-corrected chi connectivity index (χ3v) is 4.98. The molecule has 4 rings (SSSR count). The summed E-state index contributed by atoms with van der Waals surface area (Å²) in [5, 5.41) is 3.35. The second kappa shape index (κ2) is 6.92. The highest BCUT2D eigenvalue weighted by Gasteiger charge is 2.22. The Bertz CT molecular complexity index is 969. The van der Waals surface area contributed by atoms with Gasteiger partial charge in [-0.05, 0) is 12.5 Å². The summed E-state index contributed by atoms with van der Waals surface area (Å²) in [5.74, 6) is 1.59. The molecule has 26 heavy (non-hydrogen) atoms. The van der Waals surface area contributed by atoms with Crippen molar-refractivity contribution in [2.45, 2.75) is 19.9 Å². The molecule has 3 heterocycles. The van der Waals surface area contributed by atoms with Crippen LogP contribution in [-0.2, 0) is 20.0 Å². The van der Waals surface area contributed by atoms with Crippen LogP contribution in [0.4, 0.5) is 5.95 Å². The van der Waals surface area contributed by atoms with E-state index in [-0.39, 0.29) is 5.56 Å². The van der Waals surface area contributed by atoms with Crippen molar-refractivity contribution in [3.8, 4) is 0 Å². The number of hydrogen-bond acceptors (Lipinski definition) is 5. The fourth-order valence-corrected chi connectivity index (χ4v) is 3.53. The van der Waals surface area contributed by atoms with Gasteiger partial charge in [-0.15, -0.1) is 0 Å². The second-order valence-electron chi connectivity index (χ2n) is 6.62. The topological polar surface area (TPSA) is 68.0 Å². The molecule has 0 saturated carbocycles. The van der Waals surface area contributed by atoms with Gasteiger partial charge in [-0.2, -0.15) is 4.98 Å². The Morgan fingerprint density at radius 2 is 1.85 bits per heavy atom. The largest absolute Gasteiger partial charge is 0.340 e. The molecule has 0 spiro atoms. The van der Waals surface area contributed by atoms with Crippen molar-refractivity contribution in [2.24, 2.45) is 7.05 Å². The van der Waals surface area contributed by atoms with Crippen molar-refractivity contribution in [1.82, 2.24) is 24.4 Å². The molecule has 0 atom stereocenters. The van der Waals surface area contributed by atoms with Crippen LogP contribution in [0.3, 0.4) is 0 Å². The zero-order valence-electron chi connectivity index (χ0n) is 15.3. The third-order valence-electron chi connectivity index (χ3n) is 4.98. The number of aryl methyl sites for hydroxylation is 1. The van der Waals surface area contributed by atoms with Gasteiger partial charge in [-0.25, -0.2) is 4.98 Å². The van der Waals surface area contributed by atoms with E-state index in [1.54, 1.807) is 11.6 Å². The van der Waals surface area contributed by atoms with Crippen LogP contribution in [0.2, 0.25) is 0 Å². The third kappa shape index (κ3) is 2.88. The lowest BCUT2D eigenvalue weighted by Crippen LogP contribution is -2.44. The predicted octanol–water partition coefficient (Wildman–Crippen LogP) is 1.15. The fourth-order valence-electron chi connectivity index (χ4n) is 3.53. The van der Waals surface area contributed by atoms with E-state index < -0.39 is 0 Å². The quantitative estimate of drug-likeness (QED) is 0.763. The molecular formula is C19H24N6O. The minimum absolute atomic E-state index is 0.0309. The molecule has 2 aromatic heterocycles. The van der Waals surface area contributed by atoms with Crippen LogP contribution in [0, 0.1) is 0 Å². The van der Waals surface area contributed by atoms with Gasteiger partial charge in [0.2, 0.25) is 5.95 Å². The molecule has 1 aliphatic heterocycles. The highest BCUT2D eigenvalue weighted by Crippen LogP contribution is 2.20. The Kier molecular flexibility index (Phi) is 4.46. The first-order valence-electron chi connectivity index (χ1n) is 9.14. The highest BCUT2D eigenvalue weighted by molar-refractivity contribution is 5.74. The monoisotopic (exact) mass is 352 g/mol. The van der Waals surface area contributed by atoms with Crippen LogP contribution in [-0.4, -0.2) is 45.3 Å².